The maximum atomic E-state index is 12.5. The molecule has 0 fully saturated rings. The number of hydrogen-bond donors (Lipinski definition) is 0. The van der Waals surface area contributed by atoms with Crippen LogP contribution in [0.4, 0.5) is 13.2 Å². The van der Waals surface area contributed by atoms with Gasteiger partial charge in [-0.2, -0.15) is 13.2 Å². The van der Waals surface area contributed by atoms with Gasteiger partial charge in [0.05, 0.1) is 5.56 Å². The highest BCUT2D eigenvalue weighted by molar-refractivity contribution is 5.96. The lowest BCUT2D eigenvalue weighted by atomic mass is 10.0. The Kier molecular flexibility index (Phi) is 4.46. The molecule has 1 aliphatic heterocycles. The van der Waals surface area contributed by atoms with E-state index in [2.05, 4.69) is 0 Å². The number of ether oxygens (including phenoxy) is 2. The Morgan fingerprint density at radius 2 is 1.62 bits per heavy atom. The fraction of sp³-hybridized carbons (Fsp3) is 0.278. The number of rotatable bonds is 4. The normalized spacial score (nSPS) is 13.6. The quantitative estimate of drug-likeness (QED) is 0.781. The van der Waals surface area contributed by atoms with Crippen molar-refractivity contribution in [3.63, 3.8) is 0 Å². The number of ketones is 1. The zero-order chi connectivity index (χ0) is 17.2. The Hall–Kier alpha value is -2.50. The topological polar surface area (TPSA) is 35.5 Å². The highest BCUT2D eigenvalue weighted by Crippen LogP contribution is 2.31. The maximum absolute atomic E-state index is 12.5. The second-order valence-electron chi connectivity index (χ2n) is 5.48. The number of hydrogen-bond acceptors (Lipinski definition) is 3. The minimum absolute atomic E-state index is 0.0909. The Bertz CT molecular complexity index is 736. The van der Waals surface area contributed by atoms with Gasteiger partial charge in [0.2, 0.25) is 0 Å². The van der Waals surface area contributed by atoms with Gasteiger partial charge >= 0.3 is 6.18 Å². The van der Waals surface area contributed by atoms with Gasteiger partial charge < -0.3 is 9.47 Å². The molecule has 1 aliphatic rings. The summed E-state index contributed by atoms with van der Waals surface area (Å²) in [6.45, 7) is 0.921. The van der Waals surface area contributed by atoms with Crippen molar-refractivity contribution in [1.29, 1.82) is 0 Å². The van der Waals surface area contributed by atoms with Crippen LogP contribution in [0, 0.1) is 0 Å². The summed E-state index contributed by atoms with van der Waals surface area (Å²) in [6, 6.07) is 9.87. The van der Waals surface area contributed by atoms with Gasteiger partial charge in [-0.3, -0.25) is 4.79 Å². The van der Waals surface area contributed by atoms with Crippen LogP contribution < -0.4 is 9.47 Å². The Morgan fingerprint density at radius 3 is 2.29 bits per heavy atom. The lowest BCUT2D eigenvalue weighted by Gasteiger charge is -2.18. The minimum Gasteiger partial charge on any atom is -0.486 e. The van der Waals surface area contributed by atoms with E-state index in [1.165, 1.54) is 12.1 Å². The zero-order valence-corrected chi connectivity index (χ0v) is 12.7. The highest BCUT2D eigenvalue weighted by atomic mass is 19.4. The number of halogens is 3. The van der Waals surface area contributed by atoms with Crippen LogP contribution in [0.15, 0.2) is 42.5 Å². The molecule has 3 rings (SSSR count). The standard InChI is InChI=1S/C18H15F3O3/c19-18(20,21)14-5-1-12(2-6-14)3-7-15(22)13-4-8-16-17(11-13)24-10-9-23-16/h1-2,4-6,8,11H,3,7,9-10H2. The summed E-state index contributed by atoms with van der Waals surface area (Å²) in [5.41, 5.74) is 0.504. The summed E-state index contributed by atoms with van der Waals surface area (Å²) in [5, 5.41) is 0. The minimum atomic E-state index is -4.35. The molecule has 0 N–H and O–H groups in total. The molecule has 24 heavy (non-hydrogen) atoms. The third-order valence-electron chi connectivity index (χ3n) is 3.79. The molecule has 0 aromatic heterocycles. The van der Waals surface area contributed by atoms with Gasteiger partial charge in [0.15, 0.2) is 17.3 Å². The second kappa shape index (κ2) is 6.55. The first-order valence-corrected chi connectivity index (χ1v) is 7.52. The largest absolute Gasteiger partial charge is 0.486 e. The van der Waals surface area contributed by atoms with Gasteiger partial charge in [-0.05, 0) is 42.3 Å². The van der Waals surface area contributed by atoms with Crippen LogP contribution in [0.2, 0.25) is 0 Å². The van der Waals surface area contributed by atoms with Gasteiger partial charge in [-0.1, -0.05) is 12.1 Å². The Morgan fingerprint density at radius 1 is 0.958 bits per heavy atom. The Balaban J connectivity index is 1.63. The lowest BCUT2D eigenvalue weighted by molar-refractivity contribution is -0.137. The van der Waals surface area contributed by atoms with Crippen LogP contribution in [-0.4, -0.2) is 19.0 Å². The van der Waals surface area contributed by atoms with Gasteiger partial charge in [0.1, 0.15) is 13.2 Å². The lowest BCUT2D eigenvalue weighted by Crippen LogP contribution is -2.15. The van der Waals surface area contributed by atoms with Crippen molar-refractivity contribution in [3.05, 3.63) is 59.2 Å². The van der Waals surface area contributed by atoms with Crippen LogP contribution >= 0.6 is 0 Å². The van der Waals surface area contributed by atoms with Crippen molar-refractivity contribution in [2.75, 3.05) is 13.2 Å². The maximum Gasteiger partial charge on any atom is 0.416 e. The van der Waals surface area contributed by atoms with Crippen LogP contribution in [0.3, 0.4) is 0 Å². The fourth-order valence-electron chi connectivity index (χ4n) is 2.48. The number of carbonyl (C=O) groups is 1. The first-order chi connectivity index (χ1) is 11.4. The summed E-state index contributed by atoms with van der Waals surface area (Å²) >= 11 is 0. The second-order valence-corrected chi connectivity index (χ2v) is 5.48. The molecule has 2 aromatic rings. The molecular weight excluding hydrogens is 321 g/mol. The van der Waals surface area contributed by atoms with Crippen molar-refractivity contribution in [1.82, 2.24) is 0 Å². The molecule has 1 heterocycles. The van der Waals surface area contributed by atoms with E-state index in [1.54, 1.807) is 18.2 Å². The molecule has 126 valence electrons. The van der Waals surface area contributed by atoms with E-state index in [9.17, 15) is 18.0 Å². The van der Waals surface area contributed by atoms with Gasteiger partial charge in [0, 0.05) is 12.0 Å². The molecule has 0 saturated heterocycles. The predicted octanol–water partition coefficient (Wildman–Crippen LogP) is 4.29. The summed E-state index contributed by atoms with van der Waals surface area (Å²) in [6.07, 6.45) is -3.75. The number of Topliss-reactive ketones (excluding diaryl/α,β-unsaturated/α-hetero) is 1. The van der Waals surface area contributed by atoms with E-state index in [4.69, 9.17) is 9.47 Å². The van der Waals surface area contributed by atoms with E-state index in [0.717, 1.165) is 12.1 Å². The Labute approximate surface area is 137 Å². The fourth-order valence-corrected chi connectivity index (χ4v) is 2.48. The molecule has 2 aromatic carbocycles. The van der Waals surface area contributed by atoms with Crippen molar-refractivity contribution < 1.29 is 27.4 Å². The molecule has 0 spiro atoms. The van der Waals surface area contributed by atoms with E-state index in [1.807, 2.05) is 0 Å². The van der Waals surface area contributed by atoms with Crippen molar-refractivity contribution >= 4 is 5.78 Å². The van der Waals surface area contributed by atoms with E-state index < -0.39 is 11.7 Å². The van der Waals surface area contributed by atoms with Crippen LogP contribution in [0.25, 0.3) is 0 Å². The van der Waals surface area contributed by atoms with Crippen LogP contribution in [0.5, 0.6) is 11.5 Å². The smallest absolute Gasteiger partial charge is 0.416 e. The molecule has 0 unspecified atom stereocenters. The third kappa shape index (κ3) is 3.69. The van der Waals surface area contributed by atoms with Gasteiger partial charge in [-0.25, -0.2) is 0 Å². The molecule has 0 amide bonds. The average Bonchev–Trinajstić information content (AvgIpc) is 2.59. The summed E-state index contributed by atoms with van der Waals surface area (Å²) in [4.78, 5) is 12.3. The molecule has 3 nitrogen and oxygen atoms in total. The SMILES string of the molecule is O=C(CCc1ccc(C(F)(F)F)cc1)c1ccc2c(c1)OCCO2. The van der Waals surface area contributed by atoms with Gasteiger partial charge in [-0.15, -0.1) is 0 Å². The van der Waals surface area contributed by atoms with Crippen molar-refractivity contribution in [3.8, 4) is 11.5 Å². The number of aryl methyl sites for hydroxylation is 1. The predicted molar refractivity (Wildman–Crippen MR) is 81.5 cm³/mol. The van der Waals surface area contributed by atoms with E-state index >= 15 is 0 Å². The van der Waals surface area contributed by atoms with Crippen molar-refractivity contribution in [2.45, 2.75) is 19.0 Å². The molecule has 0 aliphatic carbocycles. The highest BCUT2D eigenvalue weighted by Gasteiger charge is 2.29. The average molecular weight is 336 g/mol. The molecule has 0 bridgehead atoms. The molecule has 0 saturated carbocycles. The molecule has 0 atom stereocenters. The number of fused-ring (bicyclic) bond motifs is 1. The number of benzene rings is 2. The zero-order valence-electron chi connectivity index (χ0n) is 12.7. The molecule has 0 radical (unpaired) electrons. The monoisotopic (exact) mass is 336 g/mol. The number of alkyl halides is 3. The summed E-state index contributed by atoms with van der Waals surface area (Å²) < 4.78 is 48.4. The van der Waals surface area contributed by atoms with E-state index in [0.29, 0.717) is 42.3 Å². The first kappa shape index (κ1) is 16.4. The summed E-state index contributed by atoms with van der Waals surface area (Å²) in [5.74, 6) is 1.06. The van der Waals surface area contributed by atoms with Crippen LogP contribution in [0.1, 0.15) is 27.9 Å². The summed E-state index contributed by atoms with van der Waals surface area (Å²) in [7, 11) is 0. The third-order valence-corrected chi connectivity index (χ3v) is 3.79. The van der Waals surface area contributed by atoms with Crippen molar-refractivity contribution in [2.24, 2.45) is 0 Å². The van der Waals surface area contributed by atoms with Gasteiger partial charge in [0.25, 0.3) is 0 Å². The van der Waals surface area contributed by atoms with Crippen LogP contribution in [-0.2, 0) is 12.6 Å². The number of carbonyl (C=O) groups excluding carboxylic acids is 1. The molecular formula is C18H15F3O3. The first-order valence-electron chi connectivity index (χ1n) is 7.52. The molecule has 6 heteroatoms. The van der Waals surface area contributed by atoms with E-state index in [-0.39, 0.29) is 12.2 Å².